The summed E-state index contributed by atoms with van der Waals surface area (Å²) < 4.78 is 4.62. The van der Waals surface area contributed by atoms with Crippen LogP contribution in [0, 0.1) is 11.3 Å². The molecule has 0 aliphatic rings. The number of nitrogens with zero attached hydrogens (tertiary/aromatic N) is 3. The van der Waals surface area contributed by atoms with Crippen molar-refractivity contribution in [2.45, 2.75) is 0 Å². The van der Waals surface area contributed by atoms with E-state index in [9.17, 15) is 5.26 Å². The number of nitriles is 1. The van der Waals surface area contributed by atoms with Crippen LogP contribution in [-0.4, -0.2) is 9.13 Å². The number of fused-ring (bicyclic) bond motifs is 6. The average molecular weight is 586 g/mol. The molecule has 0 aliphatic carbocycles. The van der Waals surface area contributed by atoms with E-state index in [0.717, 1.165) is 39.1 Å². The molecule has 0 amide bonds. The van der Waals surface area contributed by atoms with E-state index in [0.29, 0.717) is 5.56 Å². The molecule has 7 aromatic carbocycles. The topological polar surface area (TPSA) is 33.6 Å². The maximum absolute atomic E-state index is 10.4. The lowest BCUT2D eigenvalue weighted by molar-refractivity contribution is 1.17. The Hall–Kier alpha value is -6.37. The van der Waals surface area contributed by atoms with Crippen LogP contribution in [-0.2, 0) is 0 Å². The molecule has 0 bridgehead atoms. The molecule has 0 unspecified atom stereocenters. The van der Waals surface area contributed by atoms with Crippen molar-refractivity contribution in [3.8, 4) is 39.7 Å². The second-order valence-electron chi connectivity index (χ2n) is 11.7. The Balaban J connectivity index is 1.30. The van der Waals surface area contributed by atoms with E-state index < -0.39 is 0 Å². The van der Waals surface area contributed by atoms with E-state index in [1.807, 2.05) is 12.1 Å². The zero-order valence-corrected chi connectivity index (χ0v) is 24.9. The third-order valence-electron chi connectivity index (χ3n) is 9.16. The van der Waals surface area contributed by atoms with Gasteiger partial charge in [0.25, 0.3) is 0 Å². The summed E-state index contributed by atoms with van der Waals surface area (Å²) in [5.74, 6) is 0. The Labute approximate surface area is 266 Å². The van der Waals surface area contributed by atoms with Crippen molar-refractivity contribution in [3.63, 3.8) is 0 Å². The molecule has 0 radical (unpaired) electrons. The Bertz CT molecular complexity index is 2600. The molecule has 9 rings (SSSR count). The van der Waals surface area contributed by atoms with E-state index >= 15 is 0 Å². The quantitative estimate of drug-likeness (QED) is 0.202. The molecule has 0 aliphatic heterocycles. The number of aromatic nitrogens is 2. The average Bonchev–Trinajstić information content (AvgIpc) is 3.65. The highest BCUT2D eigenvalue weighted by atomic mass is 15.0. The van der Waals surface area contributed by atoms with Crippen molar-refractivity contribution in [1.82, 2.24) is 9.13 Å². The second kappa shape index (κ2) is 10.4. The first kappa shape index (κ1) is 26.1. The first-order valence-electron chi connectivity index (χ1n) is 15.5. The van der Waals surface area contributed by atoms with Crippen LogP contribution < -0.4 is 0 Å². The Morgan fingerprint density at radius 1 is 0.413 bits per heavy atom. The molecule has 9 aromatic rings. The SMILES string of the molecule is N#Cc1cccc(-c2cccc(-c3cccc4c3c3ccccc3n4-c3ccccc3)c2)c1-n1c2ccccc2c2ccccc21. The number of hydrogen-bond donors (Lipinski definition) is 0. The Kier molecular flexibility index (Phi) is 5.88. The van der Waals surface area contributed by atoms with Crippen molar-refractivity contribution in [2.75, 3.05) is 0 Å². The molecule has 0 saturated heterocycles. The minimum Gasteiger partial charge on any atom is -0.309 e. The predicted molar refractivity (Wildman–Crippen MR) is 191 cm³/mol. The van der Waals surface area contributed by atoms with Gasteiger partial charge in [0.15, 0.2) is 0 Å². The van der Waals surface area contributed by atoms with Crippen molar-refractivity contribution in [2.24, 2.45) is 0 Å². The van der Waals surface area contributed by atoms with Gasteiger partial charge in [-0.1, -0.05) is 115 Å². The highest BCUT2D eigenvalue weighted by molar-refractivity contribution is 6.16. The van der Waals surface area contributed by atoms with Crippen LogP contribution in [0.25, 0.3) is 77.2 Å². The monoisotopic (exact) mass is 585 g/mol. The Morgan fingerprint density at radius 2 is 0.935 bits per heavy atom. The molecule has 0 spiro atoms. The van der Waals surface area contributed by atoms with Crippen LogP contribution in [0.3, 0.4) is 0 Å². The van der Waals surface area contributed by atoms with Crippen molar-refractivity contribution in [1.29, 1.82) is 5.26 Å². The van der Waals surface area contributed by atoms with Gasteiger partial charge < -0.3 is 9.13 Å². The number of para-hydroxylation sites is 5. The highest BCUT2D eigenvalue weighted by Gasteiger charge is 2.20. The van der Waals surface area contributed by atoms with Crippen LogP contribution in [0.5, 0.6) is 0 Å². The van der Waals surface area contributed by atoms with Gasteiger partial charge in [0, 0.05) is 32.8 Å². The van der Waals surface area contributed by atoms with Crippen LogP contribution in [0.4, 0.5) is 0 Å². The summed E-state index contributed by atoms with van der Waals surface area (Å²) >= 11 is 0. The maximum atomic E-state index is 10.4. The van der Waals surface area contributed by atoms with Gasteiger partial charge in [-0.05, 0) is 65.2 Å². The fourth-order valence-electron chi connectivity index (χ4n) is 7.24. The molecule has 46 heavy (non-hydrogen) atoms. The molecule has 3 heteroatoms. The minimum atomic E-state index is 0.641. The summed E-state index contributed by atoms with van der Waals surface area (Å²) in [6.07, 6.45) is 0. The third-order valence-corrected chi connectivity index (χ3v) is 9.16. The molecular weight excluding hydrogens is 558 g/mol. The van der Waals surface area contributed by atoms with Crippen molar-refractivity contribution >= 4 is 43.6 Å². The summed E-state index contributed by atoms with van der Waals surface area (Å²) in [4.78, 5) is 0. The molecule has 0 saturated carbocycles. The zero-order chi connectivity index (χ0) is 30.6. The number of hydrogen-bond acceptors (Lipinski definition) is 1. The van der Waals surface area contributed by atoms with Crippen molar-refractivity contribution in [3.05, 3.63) is 169 Å². The molecule has 214 valence electrons. The number of rotatable bonds is 4. The summed E-state index contributed by atoms with van der Waals surface area (Å²) in [5.41, 5.74) is 11.6. The summed E-state index contributed by atoms with van der Waals surface area (Å²) in [6, 6.07) is 60.1. The zero-order valence-electron chi connectivity index (χ0n) is 24.9. The van der Waals surface area contributed by atoms with Gasteiger partial charge in [-0.3, -0.25) is 0 Å². The maximum Gasteiger partial charge on any atom is 0.101 e. The van der Waals surface area contributed by atoms with Crippen molar-refractivity contribution < 1.29 is 0 Å². The van der Waals surface area contributed by atoms with E-state index in [1.165, 1.54) is 38.1 Å². The van der Waals surface area contributed by atoms with Crippen LogP contribution in [0.1, 0.15) is 5.56 Å². The molecule has 2 heterocycles. The molecule has 0 N–H and O–H groups in total. The largest absolute Gasteiger partial charge is 0.309 e. The summed E-state index contributed by atoms with van der Waals surface area (Å²) in [7, 11) is 0. The predicted octanol–water partition coefficient (Wildman–Crippen LogP) is 11.1. The molecule has 0 fully saturated rings. The molecular formula is C43H27N3. The molecule has 3 nitrogen and oxygen atoms in total. The van der Waals surface area contributed by atoms with Crippen LogP contribution >= 0.6 is 0 Å². The van der Waals surface area contributed by atoms with Gasteiger partial charge in [-0.25, -0.2) is 0 Å². The molecule has 0 atom stereocenters. The fourth-order valence-corrected chi connectivity index (χ4v) is 7.24. The van der Waals surface area contributed by atoms with Crippen LogP contribution in [0.2, 0.25) is 0 Å². The second-order valence-corrected chi connectivity index (χ2v) is 11.7. The van der Waals surface area contributed by atoms with E-state index in [1.54, 1.807) is 0 Å². The van der Waals surface area contributed by atoms with E-state index in [4.69, 9.17) is 0 Å². The Morgan fingerprint density at radius 3 is 1.63 bits per heavy atom. The van der Waals surface area contributed by atoms with Gasteiger partial charge >= 0.3 is 0 Å². The van der Waals surface area contributed by atoms with E-state index in [-0.39, 0.29) is 0 Å². The molecule has 2 aromatic heterocycles. The van der Waals surface area contributed by atoms with Gasteiger partial charge in [0.2, 0.25) is 0 Å². The third kappa shape index (κ3) is 3.84. The first-order valence-corrected chi connectivity index (χ1v) is 15.5. The van der Waals surface area contributed by atoms with Gasteiger partial charge in [-0.2, -0.15) is 5.26 Å². The normalized spacial score (nSPS) is 11.5. The smallest absolute Gasteiger partial charge is 0.101 e. The standard InChI is InChI=1S/C43H27N3/c44-28-31-15-11-22-34(43(31)46-38-23-7-4-18-35(38)36-19-5-8-24-39(36)46)30-14-10-13-29(27-30)33-21-12-26-41-42(33)37-20-6-9-25-40(37)45(41)32-16-2-1-3-17-32/h1-27H. The number of benzene rings is 7. The van der Waals surface area contributed by atoms with Gasteiger partial charge in [0.05, 0.1) is 33.3 Å². The fraction of sp³-hybridized carbons (Fsp3) is 0. The lowest BCUT2D eigenvalue weighted by Crippen LogP contribution is -2.00. The minimum absolute atomic E-state index is 0.641. The lowest BCUT2D eigenvalue weighted by Gasteiger charge is -2.16. The summed E-state index contributed by atoms with van der Waals surface area (Å²) in [5, 5.41) is 15.2. The van der Waals surface area contributed by atoms with E-state index in [2.05, 4.69) is 167 Å². The highest BCUT2D eigenvalue weighted by Crippen LogP contribution is 2.41. The van der Waals surface area contributed by atoms with Gasteiger partial charge in [0.1, 0.15) is 6.07 Å². The van der Waals surface area contributed by atoms with Crippen LogP contribution in [0.15, 0.2) is 164 Å². The lowest BCUT2D eigenvalue weighted by atomic mass is 9.94. The summed E-state index contributed by atoms with van der Waals surface area (Å²) in [6.45, 7) is 0. The first-order chi connectivity index (χ1) is 22.8. The van der Waals surface area contributed by atoms with Gasteiger partial charge in [-0.15, -0.1) is 0 Å².